The Kier molecular flexibility index (Phi) is 4.01. The van der Waals surface area contributed by atoms with Crippen LogP contribution in [-0.4, -0.2) is 6.29 Å². The summed E-state index contributed by atoms with van der Waals surface area (Å²) in [5.41, 5.74) is -0.139. The Balaban J connectivity index is 3.56. The molecule has 0 saturated heterocycles. The van der Waals surface area contributed by atoms with Crippen LogP contribution in [0.3, 0.4) is 0 Å². The summed E-state index contributed by atoms with van der Waals surface area (Å²) in [6.07, 6.45) is 7.08. The van der Waals surface area contributed by atoms with Crippen molar-refractivity contribution in [3.05, 3.63) is 12.2 Å². The summed E-state index contributed by atoms with van der Waals surface area (Å²) in [6.45, 7) is 5.92. The molecule has 0 aromatic heterocycles. The van der Waals surface area contributed by atoms with Gasteiger partial charge in [0.25, 0.3) is 0 Å². The Morgan fingerprint density at radius 3 is 2.40 bits per heavy atom. The lowest BCUT2D eigenvalue weighted by Crippen LogP contribution is -2.11. The quantitative estimate of drug-likeness (QED) is 0.433. The van der Waals surface area contributed by atoms with Crippen LogP contribution in [0.15, 0.2) is 12.2 Å². The third kappa shape index (κ3) is 4.30. The summed E-state index contributed by atoms with van der Waals surface area (Å²) in [4.78, 5) is 10.4. The Hall–Kier alpha value is -0.590. The second-order valence-corrected chi connectivity index (χ2v) is 3.21. The number of hydrogen-bond acceptors (Lipinski definition) is 1. The van der Waals surface area contributed by atoms with Crippen molar-refractivity contribution in [2.24, 2.45) is 5.41 Å². The highest BCUT2D eigenvalue weighted by molar-refractivity contribution is 5.57. The Labute approximate surface area is 63.1 Å². The average molecular weight is 140 g/mol. The molecule has 0 saturated carbocycles. The largest absolute Gasteiger partial charge is 0.303 e. The van der Waals surface area contributed by atoms with E-state index >= 15 is 0 Å². The molecule has 1 heteroatoms. The van der Waals surface area contributed by atoms with Gasteiger partial charge in [-0.3, -0.25) is 0 Å². The highest BCUT2D eigenvalue weighted by atomic mass is 16.1. The molecule has 0 unspecified atom stereocenters. The maximum Gasteiger partial charge on any atom is 0.125 e. The molecule has 0 aliphatic rings. The van der Waals surface area contributed by atoms with Crippen molar-refractivity contribution >= 4 is 6.29 Å². The molecular weight excluding hydrogens is 124 g/mol. The zero-order valence-electron chi connectivity index (χ0n) is 7.05. The first-order valence-electron chi connectivity index (χ1n) is 3.70. The van der Waals surface area contributed by atoms with Crippen molar-refractivity contribution in [1.82, 2.24) is 0 Å². The van der Waals surface area contributed by atoms with Crippen molar-refractivity contribution in [1.29, 1.82) is 0 Å². The Morgan fingerprint density at radius 2 is 2.00 bits per heavy atom. The predicted octanol–water partition coefficient (Wildman–Crippen LogP) is 2.57. The van der Waals surface area contributed by atoms with E-state index in [4.69, 9.17) is 0 Å². The molecule has 0 aromatic carbocycles. The standard InChI is InChI=1S/C9H16O/c1-4-5-6-7-9(2,3)8-10/h4-5,8H,6-7H2,1-3H3/b5-4+. The molecule has 0 spiro atoms. The summed E-state index contributed by atoms with van der Waals surface area (Å²) >= 11 is 0. The van der Waals surface area contributed by atoms with Gasteiger partial charge in [-0.15, -0.1) is 0 Å². The number of rotatable bonds is 4. The lowest BCUT2D eigenvalue weighted by Gasteiger charge is -2.13. The van der Waals surface area contributed by atoms with Crippen LogP contribution in [0, 0.1) is 5.41 Å². The zero-order valence-corrected chi connectivity index (χ0v) is 7.05. The van der Waals surface area contributed by atoms with E-state index < -0.39 is 0 Å². The lowest BCUT2D eigenvalue weighted by molar-refractivity contribution is -0.114. The van der Waals surface area contributed by atoms with E-state index in [1.165, 1.54) is 0 Å². The van der Waals surface area contributed by atoms with Crippen LogP contribution >= 0.6 is 0 Å². The minimum atomic E-state index is -0.139. The smallest absolute Gasteiger partial charge is 0.125 e. The summed E-state index contributed by atoms with van der Waals surface area (Å²) in [7, 11) is 0. The fourth-order valence-corrected chi connectivity index (χ4v) is 0.681. The van der Waals surface area contributed by atoms with Crippen LogP contribution in [0.1, 0.15) is 33.6 Å². The minimum Gasteiger partial charge on any atom is -0.303 e. The van der Waals surface area contributed by atoms with Crippen LogP contribution in [0.2, 0.25) is 0 Å². The monoisotopic (exact) mass is 140 g/mol. The molecule has 58 valence electrons. The van der Waals surface area contributed by atoms with Gasteiger partial charge in [-0.05, 0) is 19.8 Å². The summed E-state index contributed by atoms with van der Waals surface area (Å²) in [6, 6.07) is 0. The zero-order chi connectivity index (χ0) is 8.04. The van der Waals surface area contributed by atoms with E-state index in [2.05, 4.69) is 6.08 Å². The molecule has 0 heterocycles. The van der Waals surface area contributed by atoms with Crippen molar-refractivity contribution in [2.45, 2.75) is 33.6 Å². The number of carbonyl (C=O) groups excluding carboxylic acids is 1. The van der Waals surface area contributed by atoms with Crippen molar-refractivity contribution in [3.63, 3.8) is 0 Å². The number of hydrogen-bond donors (Lipinski definition) is 0. The third-order valence-corrected chi connectivity index (χ3v) is 1.51. The van der Waals surface area contributed by atoms with E-state index in [1.807, 2.05) is 26.8 Å². The van der Waals surface area contributed by atoms with Crippen LogP contribution in [0.25, 0.3) is 0 Å². The molecule has 1 nitrogen and oxygen atoms in total. The van der Waals surface area contributed by atoms with Gasteiger partial charge in [0, 0.05) is 5.41 Å². The van der Waals surface area contributed by atoms with Crippen LogP contribution in [-0.2, 0) is 4.79 Å². The fourth-order valence-electron chi connectivity index (χ4n) is 0.681. The van der Waals surface area contributed by atoms with Crippen molar-refractivity contribution < 1.29 is 4.79 Å². The van der Waals surface area contributed by atoms with E-state index in [0.717, 1.165) is 19.1 Å². The van der Waals surface area contributed by atoms with Crippen molar-refractivity contribution in [3.8, 4) is 0 Å². The molecule has 0 rings (SSSR count). The van der Waals surface area contributed by atoms with Gasteiger partial charge in [0.15, 0.2) is 0 Å². The molecule has 0 aromatic rings. The van der Waals surface area contributed by atoms with Gasteiger partial charge in [0.2, 0.25) is 0 Å². The first kappa shape index (κ1) is 9.41. The summed E-state index contributed by atoms with van der Waals surface area (Å²) in [5.74, 6) is 0. The molecule has 0 amide bonds. The highest BCUT2D eigenvalue weighted by Crippen LogP contribution is 2.18. The van der Waals surface area contributed by atoms with E-state index in [9.17, 15) is 4.79 Å². The second-order valence-electron chi connectivity index (χ2n) is 3.21. The predicted molar refractivity (Wildman–Crippen MR) is 43.9 cm³/mol. The first-order chi connectivity index (χ1) is 4.62. The molecule has 0 atom stereocenters. The topological polar surface area (TPSA) is 17.1 Å². The van der Waals surface area contributed by atoms with Gasteiger partial charge in [0.05, 0.1) is 0 Å². The minimum absolute atomic E-state index is 0.139. The highest BCUT2D eigenvalue weighted by Gasteiger charge is 2.13. The van der Waals surface area contributed by atoms with Gasteiger partial charge < -0.3 is 4.79 Å². The summed E-state index contributed by atoms with van der Waals surface area (Å²) in [5, 5.41) is 0. The van der Waals surface area contributed by atoms with Gasteiger partial charge in [-0.1, -0.05) is 26.0 Å². The van der Waals surface area contributed by atoms with Gasteiger partial charge in [0.1, 0.15) is 6.29 Å². The van der Waals surface area contributed by atoms with Crippen LogP contribution in [0.5, 0.6) is 0 Å². The van der Waals surface area contributed by atoms with E-state index in [0.29, 0.717) is 0 Å². The maximum absolute atomic E-state index is 10.4. The molecule has 10 heavy (non-hydrogen) atoms. The Bertz CT molecular complexity index is 123. The van der Waals surface area contributed by atoms with Crippen molar-refractivity contribution in [2.75, 3.05) is 0 Å². The maximum atomic E-state index is 10.4. The van der Waals surface area contributed by atoms with Crippen LogP contribution < -0.4 is 0 Å². The number of allylic oxidation sites excluding steroid dienone is 2. The molecular formula is C9H16O. The molecule has 0 fully saturated rings. The number of carbonyl (C=O) groups is 1. The number of aldehydes is 1. The molecule has 0 aliphatic heterocycles. The fraction of sp³-hybridized carbons (Fsp3) is 0.667. The van der Waals surface area contributed by atoms with Crippen LogP contribution in [0.4, 0.5) is 0 Å². The van der Waals surface area contributed by atoms with E-state index in [-0.39, 0.29) is 5.41 Å². The molecule has 0 N–H and O–H groups in total. The van der Waals surface area contributed by atoms with Gasteiger partial charge in [-0.25, -0.2) is 0 Å². The SMILES string of the molecule is C/C=C/CCC(C)(C)C=O. The van der Waals surface area contributed by atoms with E-state index in [1.54, 1.807) is 0 Å². The second kappa shape index (κ2) is 4.26. The average Bonchev–Trinajstić information content (AvgIpc) is 1.89. The third-order valence-electron chi connectivity index (χ3n) is 1.51. The summed E-state index contributed by atoms with van der Waals surface area (Å²) < 4.78 is 0. The first-order valence-corrected chi connectivity index (χ1v) is 3.70. The normalized spacial score (nSPS) is 12.3. The van der Waals surface area contributed by atoms with Gasteiger partial charge in [-0.2, -0.15) is 0 Å². The lowest BCUT2D eigenvalue weighted by atomic mass is 9.90. The Morgan fingerprint density at radius 1 is 1.40 bits per heavy atom. The molecule has 0 radical (unpaired) electrons. The van der Waals surface area contributed by atoms with Gasteiger partial charge >= 0.3 is 0 Å². The molecule has 0 aliphatic carbocycles. The molecule has 0 bridgehead atoms.